The first-order valence-electron chi connectivity index (χ1n) is 12.0. The molecule has 1 amide bonds. The molecule has 1 spiro atoms. The van der Waals surface area contributed by atoms with Crippen molar-refractivity contribution in [3.05, 3.63) is 92.6 Å². The van der Waals surface area contributed by atoms with Gasteiger partial charge < -0.3 is 9.80 Å². The molecule has 1 aromatic heterocycles. The van der Waals surface area contributed by atoms with Crippen LogP contribution in [0.1, 0.15) is 47.6 Å². The molecule has 3 nitrogen and oxygen atoms in total. The van der Waals surface area contributed by atoms with Crippen LogP contribution in [0.5, 0.6) is 0 Å². The van der Waals surface area contributed by atoms with E-state index in [0.717, 1.165) is 62.9 Å². The number of likely N-dealkylation sites (tertiary alicyclic amines) is 2. The average molecular weight is 524 g/mol. The Kier molecular flexibility index (Phi) is 7.00. The highest BCUT2D eigenvalue weighted by atomic mass is 79.9. The van der Waals surface area contributed by atoms with Crippen LogP contribution in [0.25, 0.3) is 0 Å². The number of hydrogen-bond acceptors (Lipinski definition) is 3. The molecule has 2 fully saturated rings. The molecule has 172 valence electrons. The van der Waals surface area contributed by atoms with Gasteiger partial charge in [0.15, 0.2) is 0 Å². The van der Waals surface area contributed by atoms with Gasteiger partial charge in [-0.1, -0.05) is 64.5 Å². The third-order valence-corrected chi connectivity index (χ3v) is 9.04. The van der Waals surface area contributed by atoms with Gasteiger partial charge in [0, 0.05) is 28.4 Å². The molecule has 1 atom stereocenters. The van der Waals surface area contributed by atoms with Crippen LogP contribution < -0.4 is 0 Å². The van der Waals surface area contributed by atoms with Gasteiger partial charge in [0.1, 0.15) is 0 Å². The van der Waals surface area contributed by atoms with Gasteiger partial charge in [0.2, 0.25) is 5.91 Å². The Bertz CT molecular complexity index is 1040. The highest BCUT2D eigenvalue weighted by Crippen LogP contribution is 2.42. The zero-order valence-electron chi connectivity index (χ0n) is 19.0. The third-order valence-electron chi connectivity index (χ3n) is 7.52. The lowest BCUT2D eigenvalue weighted by Crippen LogP contribution is -2.45. The fourth-order valence-corrected chi connectivity index (χ4v) is 6.64. The van der Waals surface area contributed by atoms with Crippen LogP contribution in [0.3, 0.4) is 0 Å². The number of carbonyl (C=O) groups excluding carboxylic acids is 1. The van der Waals surface area contributed by atoms with Gasteiger partial charge in [-0.25, -0.2) is 0 Å². The van der Waals surface area contributed by atoms with Gasteiger partial charge in [0.05, 0.1) is 5.41 Å². The minimum absolute atomic E-state index is 0.127. The summed E-state index contributed by atoms with van der Waals surface area (Å²) in [5, 5.41) is 2.18. The van der Waals surface area contributed by atoms with Crippen molar-refractivity contribution in [1.29, 1.82) is 0 Å². The van der Waals surface area contributed by atoms with E-state index in [4.69, 9.17) is 0 Å². The molecule has 5 rings (SSSR count). The van der Waals surface area contributed by atoms with E-state index in [1.807, 2.05) is 11.3 Å². The van der Waals surface area contributed by atoms with Gasteiger partial charge >= 0.3 is 0 Å². The Morgan fingerprint density at radius 1 is 0.909 bits per heavy atom. The first-order valence-corrected chi connectivity index (χ1v) is 13.6. The Morgan fingerprint density at radius 2 is 1.64 bits per heavy atom. The lowest BCUT2D eigenvalue weighted by Gasteiger charge is -2.38. The highest BCUT2D eigenvalue weighted by molar-refractivity contribution is 9.10. The second-order valence-corrected chi connectivity index (χ2v) is 11.4. The van der Waals surface area contributed by atoms with Crippen LogP contribution in [0, 0.1) is 5.41 Å². The van der Waals surface area contributed by atoms with Gasteiger partial charge in [-0.2, -0.15) is 0 Å². The Labute approximate surface area is 209 Å². The monoisotopic (exact) mass is 522 g/mol. The largest absolute Gasteiger partial charge is 0.338 e. The van der Waals surface area contributed by atoms with Crippen LogP contribution in [0.15, 0.2) is 76.6 Å². The second-order valence-electron chi connectivity index (χ2n) is 9.49. The maximum Gasteiger partial charge on any atom is 0.229 e. The van der Waals surface area contributed by atoms with Crippen molar-refractivity contribution in [2.75, 3.05) is 26.2 Å². The van der Waals surface area contributed by atoms with Crippen molar-refractivity contribution in [2.24, 2.45) is 5.41 Å². The normalized spacial score (nSPS) is 19.3. The number of amides is 1. The van der Waals surface area contributed by atoms with Crippen molar-refractivity contribution >= 4 is 33.2 Å². The lowest BCUT2D eigenvalue weighted by molar-refractivity contribution is -0.138. The lowest BCUT2D eigenvalue weighted by atomic mass is 9.77. The number of carbonyl (C=O) groups is 1. The van der Waals surface area contributed by atoms with E-state index in [0.29, 0.717) is 11.8 Å². The number of hydrogen-bond donors (Lipinski definition) is 0. The molecule has 3 aromatic rings. The first-order chi connectivity index (χ1) is 16.1. The molecule has 33 heavy (non-hydrogen) atoms. The van der Waals surface area contributed by atoms with E-state index >= 15 is 0 Å². The van der Waals surface area contributed by atoms with Crippen LogP contribution in [-0.4, -0.2) is 41.9 Å². The minimum Gasteiger partial charge on any atom is -0.338 e. The van der Waals surface area contributed by atoms with E-state index < -0.39 is 0 Å². The minimum atomic E-state index is -0.127. The molecule has 2 saturated heterocycles. The summed E-state index contributed by atoms with van der Waals surface area (Å²) >= 11 is 5.35. The molecule has 0 aliphatic carbocycles. The Balaban J connectivity index is 1.17. The quantitative estimate of drug-likeness (QED) is 0.351. The third kappa shape index (κ3) is 5.11. The van der Waals surface area contributed by atoms with E-state index in [1.54, 1.807) is 0 Å². The van der Waals surface area contributed by atoms with E-state index in [1.165, 1.54) is 16.0 Å². The standard InChI is InChI=1S/C28H31BrN2OS/c29-24-10-8-22(9-11-24)21-31-19-15-28(27(31)32)13-17-30(18-14-28)16-12-25(26-7-4-20-33-26)23-5-2-1-3-6-23/h1-11,20,25H,12-19,21H2. The number of thiophene rings is 1. The van der Waals surface area contributed by atoms with Crippen molar-refractivity contribution in [3.8, 4) is 0 Å². The molecule has 0 radical (unpaired) electrons. The topological polar surface area (TPSA) is 23.6 Å². The van der Waals surface area contributed by atoms with Crippen molar-refractivity contribution in [1.82, 2.24) is 9.80 Å². The molecule has 2 aliphatic rings. The number of nitrogens with zero attached hydrogens (tertiary/aromatic N) is 2. The predicted octanol–water partition coefficient (Wildman–Crippen LogP) is 6.55. The number of rotatable bonds is 7. The van der Waals surface area contributed by atoms with E-state index in [9.17, 15) is 4.79 Å². The van der Waals surface area contributed by atoms with E-state index in [-0.39, 0.29) is 5.41 Å². The summed E-state index contributed by atoms with van der Waals surface area (Å²) in [6.45, 7) is 4.78. The first kappa shape index (κ1) is 22.8. The van der Waals surface area contributed by atoms with Crippen molar-refractivity contribution in [3.63, 3.8) is 0 Å². The zero-order chi connectivity index (χ0) is 22.7. The molecule has 2 aliphatic heterocycles. The molecular formula is C28H31BrN2OS. The summed E-state index contributed by atoms with van der Waals surface area (Å²) < 4.78 is 1.08. The number of piperidine rings is 1. The smallest absolute Gasteiger partial charge is 0.229 e. The summed E-state index contributed by atoms with van der Waals surface area (Å²) in [6.07, 6.45) is 4.13. The predicted molar refractivity (Wildman–Crippen MR) is 140 cm³/mol. The number of benzene rings is 2. The summed E-state index contributed by atoms with van der Waals surface area (Å²) in [4.78, 5) is 19.5. The molecule has 0 N–H and O–H groups in total. The summed E-state index contributed by atoms with van der Waals surface area (Å²) in [5.74, 6) is 0.836. The van der Waals surface area contributed by atoms with Crippen LogP contribution in [-0.2, 0) is 11.3 Å². The highest BCUT2D eigenvalue weighted by Gasteiger charge is 2.47. The molecule has 0 bridgehead atoms. The fraction of sp³-hybridized carbons (Fsp3) is 0.393. The molecular weight excluding hydrogens is 492 g/mol. The van der Waals surface area contributed by atoms with Gasteiger partial charge in [-0.3, -0.25) is 4.79 Å². The molecule has 5 heteroatoms. The fourth-order valence-electron chi connectivity index (χ4n) is 5.48. The maximum absolute atomic E-state index is 13.4. The second kappa shape index (κ2) is 10.1. The van der Waals surface area contributed by atoms with Gasteiger partial charge in [-0.05, 0) is 80.0 Å². The van der Waals surface area contributed by atoms with Crippen molar-refractivity contribution < 1.29 is 4.79 Å². The molecule has 3 heterocycles. The summed E-state index contributed by atoms with van der Waals surface area (Å²) in [7, 11) is 0. The van der Waals surface area contributed by atoms with Crippen LogP contribution in [0.2, 0.25) is 0 Å². The van der Waals surface area contributed by atoms with Gasteiger partial charge in [-0.15, -0.1) is 11.3 Å². The summed E-state index contributed by atoms with van der Waals surface area (Å²) in [5.41, 5.74) is 2.49. The number of halogens is 1. The van der Waals surface area contributed by atoms with Crippen LogP contribution in [0.4, 0.5) is 0 Å². The zero-order valence-corrected chi connectivity index (χ0v) is 21.4. The SMILES string of the molecule is O=C1N(Cc2ccc(Br)cc2)CCC12CCN(CCC(c1ccccc1)c1cccs1)CC2. The molecule has 2 aromatic carbocycles. The van der Waals surface area contributed by atoms with Crippen LogP contribution >= 0.6 is 27.3 Å². The molecule has 1 unspecified atom stereocenters. The summed E-state index contributed by atoms with van der Waals surface area (Å²) in [6, 6.07) is 23.7. The van der Waals surface area contributed by atoms with Gasteiger partial charge in [0.25, 0.3) is 0 Å². The Morgan fingerprint density at radius 3 is 2.33 bits per heavy atom. The van der Waals surface area contributed by atoms with Crippen molar-refractivity contribution in [2.45, 2.75) is 38.1 Å². The molecule has 0 saturated carbocycles. The Hall–Kier alpha value is -1.95. The average Bonchev–Trinajstić information content (AvgIpc) is 3.48. The van der Waals surface area contributed by atoms with E-state index in [2.05, 4.69) is 97.8 Å². The maximum atomic E-state index is 13.4.